The summed E-state index contributed by atoms with van der Waals surface area (Å²) >= 11 is 3.42. The average molecular weight is 1370 g/mol. The molecule has 0 saturated carbocycles. The molecule has 0 aliphatic carbocycles. The molecule has 0 radical (unpaired) electrons. The Hall–Kier alpha value is -13.5. The molecule has 0 unspecified atom stereocenters. The lowest BCUT2D eigenvalue weighted by Gasteiger charge is -2.10. The average Bonchev–Trinajstić information content (AvgIpc) is 1.57. The molecular formula is C92H54N8O2S2. The van der Waals surface area contributed by atoms with Crippen LogP contribution in [0, 0.1) is 0 Å². The number of rotatable bonds is 13. The van der Waals surface area contributed by atoms with Crippen molar-refractivity contribution in [2.75, 3.05) is 0 Å². The number of hydrogen-bond donors (Lipinski definition) is 0. The Balaban J connectivity index is 0.678. The van der Waals surface area contributed by atoms with Gasteiger partial charge in [0, 0.05) is 73.7 Å². The molecule has 104 heavy (non-hydrogen) atoms. The molecule has 0 N–H and O–H groups in total. The summed E-state index contributed by atoms with van der Waals surface area (Å²) in [6, 6.07) is 113. The van der Waals surface area contributed by atoms with Gasteiger partial charge >= 0.3 is 0 Å². The van der Waals surface area contributed by atoms with Crippen molar-refractivity contribution in [3.05, 3.63) is 328 Å². The summed E-state index contributed by atoms with van der Waals surface area (Å²) in [5, 5.41) is 4.36. The van der Waals surface area contributed by atoms with Gasteiger partial charge in [-0.1, -0.05) is 261 Å². The lowest BCUT2D eigenvalue weighted by atomic mass is 9.94. The Kier molecular flexibility index (Phi) is 14.7. The van der Waals surface area contributed by atoms with E-state index in [9.17, 15) is 0 Å². The topological polar surface area (TPSA) is 129 Å². The van der Waals surface area contributed by atoms with Crippen LogP contribution in [0.25, 0.3) is 209 Å². The fraction of sp³-hybridized carbons (Fsp3) is 0. The van der Waals surface area contributed by atoms with Crippen LogP contribution in [-0.4, -0.2) is 39.9 Å². The second kappa shape index (κ2) is 25.3. The van der Waals surface area contributed by atoms with E-state index in [1.165, 1.54) is 0 Å². The molecule has 0 saturated heterocycles. The first-order valence-corrected chi connectivity index (χ1v) is 36.0. The number of fused-ring (bicyclic) bond motifs is 8. The van der Waals surface area contributed by atoms with Crippen molar-refractivity contribution in [2.24, 2.45) is 0 Å². The van der Waals surface area contributed by atoms with Crippen LogP contribution in [0.15, 0.2) is 336 Å². The maximum atomic E-state index is 6.90. The first-order valence-electron chi connectivity index (χ1n) is 34.3. The fourth-order valence-electron chi connectivity index (χ4n) is 14.2. The summed E-state index contributed by atoms with van der Waals surface area (Å²) in [5.74, 6) is 4.71. The summed E-state index contributed by atoms with van der Waals surface area (Å²) in [7, 11) is 0. The quantitative estimate of drug-likeness (QED) is 0.110. The van der Waals surface area contributed by atoms with Gasteiger partial charge in [0.1, 0.15) is 11.0 Å². The molecule has 20 rings (SSSR count). The molecule has 14 aromatic carbocycles. The summed E-state index contributed by atoms with van der Waals surface area (Å²) in [6.45, 7) is 0. The molecule has 0 aliphatic heterocycles. The predicted octanol–water partition coefficient (Wildman–Crippen LogP) is 24.7. The van der Waals surface area contributed by atoms with Crippen LogP contribution in [0.4, 0.5) is 0 Å². The molecule has 10 nitrogen and oxygen atoms in total. The second-order valence-corrected chi connectivity index (χ2v) is 27.7. The smallest absolute Gasteiger partial charge is 0.228 e. The van der Waals surface area contributed by atoms with E-state index in [2.05, 4.69) is 194 Å². The highest BCUT2D eigenvalue weighted by Gasteiger charge is 2.26. The summed E-state index contributed by atoms with van der Waals surface area (Å²) in [5.41, 5.74) is 20.9. The molecule has 0 fully saturated rings. The Bertz CT molecular complexity index is 6610. The lowest BCUT2D eigenvalue weighted by molar-refractivity contribution is 0.620. The van der Waals surface area contributed by atoms with Gasteiger partial charge in [-0.15, -0.1) is 22.7 Å². The van der Waals surface area contributed by atoms with Gasteiger partial charge in [-0.05, 0) is 122 Å². The van der Waals surface area contributed by atoms with Crippen LogP contribution < -0.4 is 0 Å². The zero-order valence-electron chi connectivity index (χ0n) is 55.4. The van der Waals surface area contributed by atoms with Crippen LogP contribution in [0.1, 0.15) is 0 Å². The zero-order chi connectivity index (χ0) is 68.6. The Morgan fingerprint density at radius 1 is 0.192 bits per heavy atom. The molecule has 0 spiro atoms. The minimum atomic E-state index is 0.541. The van der Waals surface area contributed by atoms with Gasteiger partial charge in [0.05, 0.1) is 11.1 Å². The van der Waals surface area contributed by atoms with Gasteiger partial charge in [0.2, 0.25) is 11.8 Å². The van der Waals surface area contributed by atoms with E-state index in [-0.39, 0.29) is 0 Å². The standard InChI is InChI=1S/C92H54N8O2S2/c1-7-23-55(24-8-1)66-43-47-76-79(54-66)102-92(93-76)75-52-67(51-74-69-39-21-41-71(81(69)103-83(74)75)89-97-85(57-27-11-3-12-28-57)95-86(98-89)58-29-13-4-14-30-58)64-38-20-36-62(50-64)61-35-19-37-63(49-61)65-44-48-78-77(53-65)94-91(101-78)73-46-45-68(56-25-9-2-10-26-56)80-70-40-22-42-72(82(70)104-84(73)80)90-99-87(59-31-15-5-16-32-59)96-88(100-90)60-33-17-6-18-34-60/h1-54H. The molecule has 486 valence electrons. The lowest BCUT2D eigenvalue weighted by Crippen LogP contribution is -2.00. The highest BCUT2D eigenvalue weighted by atomic mass is 32.1. The molecule has 0 aliphatic rings. The summed E-state index contributed by atoms with van der Waals surface area (Å²) in [4.78, 5) is 41.4. The van der Waals surface area contributed by atoms with Gasteiger partial charge in [-0.25, -0.2) is 39.9 Å². The van der Waals surface area contributed by atoms with Crippen LogP contribution in [0.2, 0.25) is 0 Å². The van der Waals surface area contributed by atoms with Gasteiger partial charge in [-0.2, -0.15) is 0 Å². The zero-order valence-corrected chi connectivity index (χ0v) is 57.0. The predicted molar refractivity (Wildman–Crippen MR) is 425 cm³/mol. The van der Waals surface area contributed by atoms with Crippen molar-refractivity contribution in [3.8, 4) is 147 Å². The van der Waals surface area contributed by atoms with E-state index >= 15 is 0 Å². The van der Waals surface area contributed by atoms with Crippen LogP contribution in [-0.2, 0) is 0 Å². The molecule has 12 heteroatoms. The minimum absolute atomic E-state index is 0.541. The number of benzene rings is 14. The largest absolute Gasteiger partial charge is 0.436 e. The van der Waals surface area contributed by atoms with Gasteiger partial charge in [-0.3, -0.25) is 0 Å². The number of nitrogens with zero attached hydrogens (tertiary/aromatic N) is 8. The molecule has 6 aromatic heterocycles. The molecule has 6 heterocycles. The normalized spacial score (nSPS) is 11.7. The highest BCUT2D eigenvalue weighted by Crippen LogP contribution is 2.50. The monoisotopic (exact) mass is 1370 g/mol. The number of thiophene rings is 2. The van der Waals surface area contributed by atoms with Crippen LogP contribution in [0.3, 0.4) is 0 Å². The van der Waals surface area contributed by atoms with Crippen LogP contribution >= 0.6 is 22.7 Å². The number of hydrogen-bond acceptors (Lipinski definition) is 12. The number of aromatic nitrogens is 8. The molecule has 20 aromatic rings. The summed E-state index contributed by atoms with van der Waals surface area (Å²) < 4.78 is 17.9. The van der Waals surface area contributed by atoms with E-state index in [1.807, 2.05) is 133 Å². The summed E-state index contributed by atoms with van der Waals surface area (Å²) in [6.07, 6.45) is 0. The SMILES string of the molecule is c1ccc(-c2ccc3nc(-c4cc(-c5cccc(-c6cccc(-c7ccc8oc(-c9ccc(-c%10ccccc%10)c%10c9sc9c(-c%11nc(-c%12ccccc%12)nc(-c%12ccccc%12)n%11)cccc9%10)nc8c7)c6)c5)cc5c4sc4c(-c6nc(-c7ccccc7)nc(-c7ccccc7)n6)cccc45)oc3c2)cc1. The first kappa shape index (κ1) is 60.4. The van der Waals surface area contributed by atoms with Gasteiger partial charge in [0.15, 0.2) is 46.1 Å². The van der Waals surface area contributed by atoms with E-state index in [1.54, 1.807) is 22.7 Å². The molecule has 0 atom stereocenters. The Morgan fingerprint density at radius 2 is 0.587 bits per heavy atom. The third-order valence-corrected chi connectivity index (χ3v) is 21.8. The third-order valence-electron chi connectivity index (χ3n) is 19.3. The van der Waals surface area contributed by atoms with Crippen molar-refractivity contribution < 1.29 is 8.83 Å². The molecule has 0 amide bonds. The highest BCUT2D eigenvalue weighted by molar-refractivity contribution is 7.27. The minimum Gasteiger partial charge on any atom is -0.436 e. The van der Waals surface area contributed by atoms with Crippen molar-refractivity contribution in [2.45, 2.75) is 0 Å². The number of oxazole rings is 2. The van der Waals surface area contributed by atoms with E-state index in [0.29, 0.717) is 57.9 Å². The van der Waals surface area contributed by atoms with Crippen molar-refractivity contribution in [3.63, 3.8) is 0 Å². The van der Waals surface area contributed by atoms with E-state index in [4.69, 9.17) is 48.7 Å². The van der Waals surface area contributed by atoms with Crippen molar-refractivity contribution in [1.82, 2.24) is 39.9 Å². The van der Waals surface area contributed by atoms with Gasteiger partial charge < -0.3 is 8.83 Å². The van der Waals surface area contributed by atoms with Crippen molar-refractivity contribution >= 4 is 85.2 Å². The molecule has 0 bridgehead atoms. The molecular weight excluding hydrogens is 1310 g/mol. The second-order valence-electron chi connectivity index (χ2n) is 25.7. The van der Waals surface area contributed by atoms with E-state index < -0.39 is 0 Å². The van der Waals surface area contributed by atoms with Crippen molar-refractivity contribution in [1.29, 1.82) is 0 Å². The Labute approximate surface area is 604 Å². The van der Waals surface area contributed by atoms with E-state index in [0.717, 1.165) is 152 Å². The Morgan fingerprint density at radius 3 is 1.14 bits per heavy atom. The van der Waals surface area contributed by atoms with Crippen LogP contribution in [0.5, 0.6) is 0 Å². The maximum Gasteiger partial charge on any atom is 0.228 e. The van der Waals surface area contributed by atoms with Gasteiger partial charge in [0.25, 0.3) is 0 Å². The maximum absolute atomic E-state index is 6.90. The third kappa shape index (κ3) is 10.9. The first-order chi connectivity index (χ1) is 51.5. The fourth-order valence-corrected chi connectivity index (χ4v) is 16.8.